The van der Waals surface area contributed by atoms with Gasteiger partial charge in [-0.05, 0) is 37.8 Å². The van der Waals surface area contributed by atoms with Crippen molar-refractivity contribution in [3.8, 4) is 0 Å². The molecule has 1 fully saturated rings. The third kappa shape index (κ3) is 3.32. The quantitative estimate of drug-likeness (QED) is 0.872. The van der Waals surface area contributed by atoms with Crippen molar-refractivity contribution < 1.29 is 14.7 Å². The van der Waals surface area contributed by atoms with Crippen LogP contribution in [-0.4, -0.2) is 40.6 Å². The first-order valence-corrected chi connectivity index (χ1v) is 8.22. The van der Waals surface area contributed by atoms with Gasteiger partial charge >= 0.3 is 12.0 Å². The van der Waals surface area contributed by atoms with Crippen LogP contribution in [-0.2, 0) is 11.2 Å². The molecular formula is C14H19ClN2O3S. The fourth-order valence-corrected chi connectivity index (χ4v) is 3.88. The van der Waals surface area contributed by atoms with Gasteiger partial charge in [-0.2, -0.15) is 0 Å². The number of likely N-dealkylation sites (tertiary alicyclic amines) is 1. The predicted molar refractivity (Wildman–Crippen MR) is 83.0 cm³/mol. The number of nitrogens with one attached hydrogen (secondary N) is 1. The van der Waals surface area contributed by atoms with Gasteiger partial charge in [0, 0.05) is 18.0 Å². The number of rotatable bonds is 5. The molecular weight excluding hydrogens is 312 g/mol. The van der Waals surface area contributed by atoms with Gasteiger partial charge in [-0.15, -0.1) is 11.3 Å². The van der Waals surface area contributed by atoms with Crippen LogP contribution in [0, 0.1) is 0 Å². The van der Waals surface area contributed by atoms with Crippen LogP contribution >= 0.6 is 22.9 Å². The van der Waals surface area contributed by atoms with Crippen LogP contribution in [0.25, 0.3) is 0 Å². The Morgan fingerprint density at radius 3 is 2.86 bits per heavy atom. The number of carbonyl (C=O) groups is 2. The summed E-state index contributed by atoms with van der Waals surface area (Å²) >= 11 is 7.34. The summed E-state index contributed by atoms with van der Waals surface area (Å²) in [6.45, 7) is 2.79. The fraction of sp³-hybridized carbons (Fsp3) is 0.571. The first-order chi connectivity index (χ1) is 9.99. The predicted octanol–water partition coefficient (Wildman–Crippen LogP) is 2.98. The van der Waals surface area contributed by atoms with Crippen molar-refractivity contribution in [2.75, 3.05) is 13.1 Å². The van der Waals surface area contributed by atoms with Crippen LogP contribution in [0.15, 0.2) is 12.1 Å². The maximum Gasteiger partial charge on any atom is 0.329 e. The van der Waals surface area contributed by atoms with Crippen molar-refractivity contribution in [1.29, 1.82) is 0 Å². The van der Waals surface area contributed by atoms with E-state index >= 15 is 0 Å². The lowest BCUT2D eigenvalue weighted by Gasteiger charge is -2.33. The Morgan fingerprint density at radius 1 is 1.52 bits per heavy atom. The Kier molecular flexibility index (Phi) is 5.11. The maximum absolute atomic E-state index is 12.2. The Bertz CT molecular complexity index is 534. The zero-order chi connectivity index (χ0) is 15.5. The van der Waals surface area contributed by atoms with E-state index in [9.17, 15) is 14.7 Å². The number of amides is 2. The van der Waals surface area contributed by atoms with Crippen LogP contribution in [0.3, 0.4) is 0 Å². The molecule has 1 atom stereocenters. The highest BCUT2D eigenvalue weighted by Gasteiger charge is 2.48. The van der Waals surface area contributed by atoms with E-state index < -0.39 is 11.5 Å². The summed E-state index contributed by atoms with van der Waals surface area (Å²) in [5.41, 5.74) is -1.05. The molecule has 0 saturated carbocycles. The summed E-state index contributed by atoms with van der Waals surface area (Å²) in [5, 5.41) is 12.3. The van der Waals surface area contributed by atoms with E-state index in [-0.39, 0.29) is 6.03 Å². The molecule has 116 valence electrons. The summed E-state index contributed by atoms with van der Waals surface area (Å²) in [6.07, 6.45) is 2.38. The topological polar surface area (TPSA) is 69.6 Å². The highest BCUT2D eigenvalue weighted by atomic mass is 35.5. The zero-order valence-corrected chi connectivity index (χ0v) is 13.5. The highest BCUT2D eigenvalue weighted by Crippen LogP contribution is 2.32. The molecule has 5 nitrogen and oxygen atoms in total. The van der Waals surface area contributed by atoms with Crippen LogP contribution in [0.1, 0.15) is 31.1 Å². The number of hydrogen-bond donors (Lipinski definition) is 2. The van der Waals surface area contributed by atoms with E-state index in [1.807, 2.05) is 19.1 Å². The number of halogens is 1. The lowest BCUT2D eigenvalue weighted by Crippen LogP contribution is -2.55. The van der Waals surface area contributed by atoms with Gasteiger partial charge in [0.05, 0.1) is 4.34 Å². The molecule has 0 aliphatic carbocycles. The SMILES string of the molecule is CCC1(C(=O)O)CCCN1C(=O)NCCc1ccc(Cl)s1. The molecule has 1 unspecified atom stereocenters. The average Bonchev–Trinajstić information content (AvgIpc) is 3.05. The molecule has 1 aromatic heterocycles. The van der Waals surface area contributed by atoms with Crippen molar-refractivity contribution in [3.63, 3.8) is 0 Å². The summed E-state index contributed by atoms with van der Waals surface area (Å²) in [7, 11) is 0. The minimum absolute atomic E-state index is 0.292. The smallest absolute Gasteiger partial charge is 0.329 e. The molecule has 1 saturated heterocycles. The minimum atomic E-state index is -1.05. The van der Waals surface area contributed by atoms with Gasteiger partial charge in [-0.1, -0.05) is 18.5 Å². The summed E-state index contributed by atoms with van der Waals surface area (Å²) in [6, 6.07) is 3.47. The van der Waals surface area contributed by atoms with Crippen LogP contribution < -0.4 is 5.32 Å². The number of carboxylic acid groups (broad SMARTS) is 1. The third-order valence-corrected chi connectivity index (χ3v) is 5.28. The van der Waals surface area contributed by atoms with Gasteiger partial charge in [0.2, 0.25) is 0 Å². The molecule has 1 aliphatic heterocycles. The number of nitrogens with zero attached hydrogens (tertiary/aromatic N) is 1. The van der Waals surface area contributed by atoms with E-state index in [0.717, 1.165) is 15.6 Å². The van der Waals surface area contributed by atoms with Crippen LogP contribution in [0.2, 0.25) is 4.34 Å². The number of carboxylic acids is 1. The second-order valence-electron chi connectivity index (χ2n) is 5.13. The van der Waals surface area contributed by atoms with Crippen LogP contribution in [0.4, 0.5) is 4.79 Å². The molecule has 1 aromatic rings. The van der Waals surface area contributed by atoms with Gasteiger partial charge in [-0.25, -0.2) is 9.59 Å². The number of urea groups is 1. The standard InChI is InChI=1S/C14H19ClN2O3S/c1-2-14(12(18)19)7-3-9-17(14)13(20)16-8-6-10-4-5-11(15)21-10/h4-5H,2-3,6-9H2,1H3,(H,16,20)(H,18,19). The lowest BCUT2D eigenvalue weighted by molar-refractivity contribution is -0.148. The minimum Gasteiger partial charge on any atom is -0.479 e. The first-order valence-electron chi connectivity index (χ1n) is 7.02. The number of thiophene rings is 1. The van der Waals surface area contributed by atoms with Crippen LogP contribution in [0.5, 0.6) is 0 Å². The molecule has 2 amide bonds. The van der Waals surface area contributed by atoms with Crippen molar-refractivity contribution in [2.45, 2.75) is 38.1 Å². The summed E-state index contributed by atoms with van der Waals surface area (Å²) in [4.78, 5) is 26.3. The van der Waals surface area contributed by atoms with Gasteiger partial charge in [-0.3, -0.25) is 0 Å². The largest absolute Gasteiger partial charge is 0.479 e. The highest BCUT2D eigenvalue weighted by molar-refractivity contribution is 7.16. The van der Waals surface area contributed by atoms with Crippen molar-refractivity contribution in [1.82, 2.24) is 10.2 Å². The van der Waals surface area contributed by atoms with Crippen molar-refractivity contribution in [3.05, 3.63) is 21.3 Å². The van der Waals surface area contributed by atoms with E-state index in [0.29, 0.717) is 32.4 Å². The Balaban J connectivity index is 1.91. The molecule has 1 aliphatic rings. The Hall–Kier alpha value is -1.27. The summed E-state index contributed by atoms with van der Waals surface area (Å²) in [5.74, 6) is -0.914. The van der Waals surface area contributed by atoms with E-state index in [2.05, 4.69) is 5.32 Å². The van der Waals surface area contributed by atoms with E-state index in [1.165, 1.54) is 16.2 Å². The van der Waals surface area contributed by atoms with Crippen molar-refractivity contribution in [2.24, 2.45) is 0 Å². The van der Waals surface area contributed by atoms with Gasteiger partial charge < -0.3 is 15.3 Å². The molecule has 7 heteroatoms. The van der Waals surface area contributed by atoms with Gasteiger partial charge in [0.15, 0.2) is 0 Å². The second kappa shape index (κ2) is 6.66. The Morgan fingerprint density at radius 2 is 2.29 bits per heavy atom. The lowest BCUT2D eigenvalue weighted by atomic mass is 9.93. The first kappa shape index (κ1) is 16.1. The zero-order valence-electron chi connectivity index (χ0n) is 11.9. The third-order valence-electron chi connectivity index (χ3n) is 3.99. The second-order valence-corrected chi connectivity index (χ2v) is 6.93. The Labute approximate surface area is 132 Å². The molecule has 2 N–H and O–H groups in total. The molecule has 0 radical (unpaired) electrons. The molecule has 2 rings (SSSR count). The molecule has 0 bridgehead atoms. The number of aliphatic carboxylic acids is 1. The van der Waals surface area contributed by atoms with E-state index in [1.54, 1.807) is 0 Å². The number of hydrogen-bond acceptors (Lipinski definition) is 3. The maximum atomic E-state index is 12.2. The molecule has 21 heavy (non-hydrogen) atoms. The number of carbonyl (C=O) groups excluding carboxylic acids is 1. The average molecular weight is 331 g/mol. The fourth-order valence-electron chi connectivity index (χ4n) is 2.79. The van der Waals surface area contributed by atoms with Gasteiger partial charge in [0.25, 0.3) is 0 Å². The molecule has 0 spiro atoms. The monoisotopic (exact) mass is 330 g/mol. The molecule has 0 aromatic carbocycles. The normalized spacial score (nSPS) is 21.5. The summed E-state index contributed by atoms with van der Waals surface area (Å²) < 4.78 is 0.728. The van der Waals surface area contributed by atoms with Gasteiger partial charge in [0.1, 0.15) is 5.54 Å². The van der Waals surface area contributed by atoms with Crippen molar-refractivity contribution >= 4 is 34.9 Å². The van der Waals surface area contributed by atoms with E-state index in [4.69, 9.17) is 11.6 Å². The molecule has 2 heterocycles.